The van der Waals surface area contributed by atoms with Crippen molar-refractivity contribution < 1.29 is 37.6 Å². The van der Waals surface area contributed by atoms with Crippen LogP contribution in [0.4, 0.5) is 0 Å². The van der Waals surface area contributed by atoms with E-state index in [1.165, 1.54) is 0 Å². The van der Waals surface area contributed by atoms with Gasteiger partial charge in [0.25, 0.3) is 0 Å². The number of ether oxygens (including phenoxy) is 7. The molecule has 1 saturated carbocycles. The van der Waals surface area contributed by atoms with Crippen LogP contribution in [-0.2, 0) is 64.9 Å². The summed E-state index contributed by atoms with van der Waals surface area (Å²) in [5.74, 6) is -0.666. The molecule has 0 unspecified atom stereocenters. The Morgan fingerprint density at radius 1 is 0.661 bits per heavy atom. The first kappa shape index (κ1) is 46.1. The summed E-state index contributed by atoms with van der Waals surface area (Å²) in [4.78, 5) is 0. The molecule has 62 heavy (non-hydrogen) atoms. The highest BCUT2D eigenvalue weighted by atomic mass is 35.5. The average molecular weight is 880 g/mol. The van der Waals surface area contributed by atoms with E-state index >= 15 is 0 Å². The Kier molecular flexibility index (Phi) is 15.8. The van der Waals surface area contributed by atoms with Gasteiger partial charge in [0.05, 0.1) is 39.1 Å². The fourth-order valence-electron chi connectivity index (χ4n) is 7.45. The standard InChI is InChI=1S/C52H63ClO8Si/c1-51(2,3)62(5,6)60-37-47-48(57-34-39-16-10-7-11-17-39)49(58-35-40-18-12-8-13-19-40)50(59-36-41-20-14-9-15-21-41)52(54-4,61-47)43-24-29-46(53)42(33-43)32-38-22-25-44(26-23-38)55-30-31-56-45-27-28-45/h7-26,29,33,45,47-50H,27-28,30-32,34-37H2,1-6H3/t47-,48-,49+,50-,52+/m1/s1. The molecule has 8 nitrogen and oxygen atoms in total. The Morgan fingerprint density at radius 3 is 1.77 bits per heavy atom. The number of benzene rings is 5. The Morgan fingerprint density at radius 2 is 1.23 bits per heavy atom. The van der Waals surface area contributed by atoms with Crippen molar-refractivity contribution in [3.05, 3.63) is 172 Å². The van der Waals surface area contributed by atoms with Gasteiger partial charge in [0.2, 0.25) is 5.79 Å². The van der Waals surface area contributed by atoms with Gasteiger partial charge in [-0.2, -0.15) is 0 Å². The van der Waals surface area contributed by atoms with Crippen molar-refractivity contribution in [2.45, 2.75) is 114 Å². The van der Waals surface area contributed by atoms with Gasteiger partial charge in [-0.25, -0.2) is 0 Å². The van der Waals surface area contributed by atoms with Crippen molar-refractivity contribution in [1.29, 1.82) is 0 Å². The third-order valence-corrected chi connectivity index (χ3v) is 17.1. The Bertz CT molecular complexity index is 2110. The molecular formula is C52H63ClO8Si. The van der Waals surface area contributed by atoms with Crippen LogP contribution < -0.4 is 4.74 Å². The Hall–Kier alpha value is -3.87. The Labute approximate surface area is 374 Å². The van der Waals surface area contributed by atoms with Crippen LogP contribution in [0.1, 0.15) is 67.0 Å². The van der Waals surface area contributed by atoms with Crippen molar-refractivity contribution in [2.24, 2.45) is 0 Å². The van der Waals surface area contributed by atoms with Gasteiger partial charge in [0, 0.05) is 17.7 Å². The molecule has 1 aliphatic carbocycles. The quantitative estimate of drug-likeness (QED) is 0.0533. The predicted molar refractivity (Wildman–Crippen MR) is 247 cm³/mol. The van der Waals surface area contributed by atoms with E-state index in [1.54, 1.807) is 7.11 Å². The van der Waals surface area contributed by atoms with Crippen molar-refractivity contribution in [1.82, 2.24) is 0 Å². The van der Waals surface area contributed by atoms with Crippen molar-refractivity contribution >= 4 is 19.9 Å². The maximum atomic E-state index is 7.40. The molecule has 0 radical (unpaired) electrons. The van der Waals surface area contributed by atoms with E-state index in [0.717, 1.165) is 52.0 Å². The minimum absolute atomic E-state index is 0.0369. The lowest BCUT2D eigenvalue weighted by atomic mass is 9.86. The molecule has 5 aromatic carbocycles. The molecule has 5 aromatic rings. The topological polar surface area (TPSA) is 73.8 Å². The summed E-state index contributed by atoms with van der Waals surface area (Å²) in [5.41, 5.74) is 5.81. The molecule has 1 saturated heterocycles. The zero-order valence-electron chi connectivity index (χ0n) is 37.1. The van der Waals surface area contributed by atoms with E-state index in [0.29, 0.717) is 44.0 Å². The third kappa shape index (κ3) is 12.0. The van der Waals surface area contributed by atoms with Gasteiger partial charge in [-0.15, -0.1) is 0 Å². The van der Waals surface area contributed by atoms with Crippen molar-refractivity contribution in [3.63, 3.8) is 0 Å². The second-order valence-electron chi connectivity index (χ2n) is 17.9. The number of hydrogen-bond donors (Lipinski definition) is 0. The molecule has 1 aliphatic heterocycles. The zero-order chi connectivity index (χ0) is 43.6. The first-order chi connectivity index (χ1) is 29.9. The molecule has 10 heteroatoms. The van der Waals surface area contributed by atoms with Gasteiger partial charge in [0.1, 0.15) is 36.8 Å². The normalized spacial score (nSPS) is 21.8. The van der Waals surface area contributed by atoms with Crippen LogP contribution in [0, 0.1) is 0 Å². The van der Waals surface area contributed by atoms with Crippen molar-refractivity contribution in [2.75, 3.05) is 26.9 Å². The molecule has 7 rings (SSSR count). The second kappa shape index (κ2) is 21.2. The van der Waals surface area contributed by atoms with Gasteiger partial charge in [-0.1, -0.05) is 142 Å². The molecule has 0 bridgehead atoms. The summed E-state index contributed by atoms with van der Waals surface area (Å²) in [6.07, 6.45) is 0.563. The highest BCUT2D eigenvalue weighted by Gasteiger charge is 2.59. The summed E-state index contributed by atoms with van der Waals surface area (Å²) in [5, 5.41) is 0.596. The molecule has 1 heterocycles. The SMILES string of the molecule is CO[C@@]1(c2ccc(Cl)c(Cc3ccc(OCCOC4CC4)cc3)c2)O[C@H](CO[Si](C)(C)C(C)(C)C)[C@@H](OCc2ccccc2)[C@H](OCc2ccccc2)[C@H]1OCc1ccccc1. The first-order valence-electron chi connectivity index (χ1n) is 21.9. The maximum Gasteiger partial charge on any atom is 0.225 e. The number of hydrogen-bond acceptors (Lipinski definition) is 8. The number of methoxy groups -OCH3 is 1. The van der Waals surface area contributed by atoms with Crippen LogP contribution in [-0.4, -0.2) is 65.8 Å². The van der Waals surface area contributed by atoms with E-state index in [2.05, 4.69) is 88.5 Å². The highest BCUT2D eigenvalue weighted by Crippen LogP contribution is 2.46. The van der Waals surface area contributed by atoms with Crippen LogP contribution in [0.15, 0.2) is 133 Å². The van der Waals surface area contributed by atoms with E-state index in [1.807, 2.05) is 78.9 Å². The van der Waals surface area contributed by atoms with Gasteiger partial charge in [-0.05, 0) is 89.5 Å². The van der Waals surface area contributed by atoms with Crippen molar-refractivity contribution in [3.8, 4) is 5.75 Å². The zero-order valence-corrected chi connectivity index (χ0v) is 38.9. The molecule has 0 spiro atoms. The van der Waals surface area contributed by atoms with Gasteiger partial charge in [0.15, 0.2) is 8.32 Å². The fourth-order valence-corrected chi connectivity index (χ4v) is 8.65. The van der Waals surface area contributed by atoms with Crippen LogP contribution in [0.2, 0.25) is 23.2 Å². The second-order valence-corrected chi connectivity index (χ2v) is 23.1. The van der Waals surface area contributed by atoms with E-state index < -0.39 is 38.5 Å². The fraction of sp³-hybridized carbons (Fsp3) is 0.423. The summed E-state index contributed by atoms with van der Waals surface area (Å²) in [6, 6.07) is 44.6. The summed E-state index contributed by atoms with van der Waals surface area (Å²) < 4.78 is 54.0. The van der Waals surface area contributed by atoms with E-state index in [4.69, 9.17) is 49.2 Å². The summed E-state index contributed by atoms with van der Waals surface area (Å²) >= 11 is 7.03. The lowest BCUT2D eigenvalue weighted by molar-refractivity contribution is -0.384. The summed E-state index contributed by atoms with van der Waals surface area (Å²) in [7, 11) is -0.594. The molecule has 5 atom stereocenters. The maximum absolute atomic E-state index is 7.40. The number of halogens is 1. The molecule has 2 aliphatic rings. The minimum Gasteiger partial charge on any atom is -0.491 e. The first-order valence-corrected chi connectivity index (χ1v) is 25.2. The highest BCUT2D eigenvalue weighted by molar-refractivity contribution is 6.74. The van der Waals surface area contributed by atoms with Gasteiger partial charge >= 0.3 is 0 Å². The number of rotatable bonds is 21. The predicted octanol–water partition coefficient (Wildman–Crippen LogP) is 11.5. The lowest BCUT2D eigenvalue weighted by Crippen LogP contribution is -2.66. The molecule has 0 amide bonds. The van der Waals surface area contributed by atoms with Crippen LogP contribution >= 0.6 is 11.6 Å². The smallest absolute Gasteiger partial charge is 0.225 e. The lowest BCUT2D eigenvalue weighted by Gasteiger charge is -2.52. The van der Waals surface area contributed by atoms with Crippen LogP contribution in [0.3, 0.4) is 0 Å². The molecule has 330 valence electrons. The third-order valence-electron chi connectivity index (χ3n) is 12.2. The van der Waals surface area contributed by atoms with E-state index in [-0.39, 0.29) is 18.3 Å². The monoisotopic (exact) mass is 878 g/mol. The molecule has 0 aromatic heterocycles. The van der Waals surface area contributed by atoms with Gasteiger partial charge < -0.3 is 37.6 Å². The van der Waals surface area contributed by atoms with E-state index in [9.17, 15) is 0 Å². The minimum atomic E-state index is -2.27. The largest absolute Gasteiger partial charge is 0.491 e. The molecule has 0 N–H and O–H groups in total. The average Bonchev–Trinajstić information content (AvgIpc) is 4.12. The van der Waals surface area contributed by atoms with Crippen LogP contribution in [0.25, 0.3) is 0 Å². The molecule has 2 fully saturated rings. The van der Waals surface area contributed by atoms with Crippen LogP contribution in [0.5, 0.6) is 5.75 Å². The summed E-state index contributed by atoms with van der Waals surface area (Å²) in [6.45, 7) is 13.5. The Balaban J connectivity index is 1.27. The van der Waals surface area contributed by atoms with Gasteiger partial charge in [-0.3, -0.25) is 0 Å². The molecular weight excluding hydrogens is 816 g/mol.